The normalized spacial score (nSPS) is 23.0. The smallest absolute Gasteiger partial charge is 0.410 e. The summed E-state index contributed by atoms with van der Waals surface area (Å²) in [6, 6.07) is 0. The summed E-state index contributed by atoms with van der Waals surface area (Å²) in [7, 11) is -3.45. The Bertz CT molecular complexity index is 836. The van der Waals surface area contributed by atoms with Gasteiger partial charge in [-0.2, -0.15) is 8.42 Å². The lowest BCUT2D eigenvalue weighted by Gasteiger charge is -2.38. The molecule has 0 aromatic heterocycles. The molecule has 36 heavy (non-hydrogen) atoms. The van der Waals surface area contributed by atoms with Gasteiger partial charge < -0.3 is 19.6 Å². The maximum Gasteiger partial charge on any atom is 0.410 e. The average molecular weight is 532 g/mol. The minimum Gasteiger partial charge on any atom is -0.444 e. The maximum absolute atomic E-state index is 12.9. The summed E-state index contributed by atoms with van der Waals surface area (Å²) in [6.07, 6.45) is 5.72. The van der Waals surface area contributed by atoms with Gasteiger partial charge in [-0.05, 0) is 77.6 Å². The fraction of sp³-hybridized carbons (Fsp3) is 0.920. The second-order valence-electron chi connectivity index (χ2n) is 11.7. The highest BCUT2D eigenvalue weighted by Crippen LogP contribution is 2.28. The fourth-order valence-corrected chi connectivity index (χ4v) is 6.09. The second-order valence-corrected chi connectivity index (χ2v) is 13.3. The summed E-state index contributed by atoms with van der Waals surface area (Å²) in [5, 5.41) is 10.7. The molecule has 11 heteroatoms. The number of carbonyl (C=O) groups is 2. The van der Waals surface area contributed by atoms with E-state index in [9.17, 15) is 23.1 Å². The number of nitrogens with zero attached hydrogens (tertiary/aromatic N) is 3. The maximum atomic E-state index is 12.9. The molecule has 208 valence electrons. The molecule has 3 saturated heterocycles. The lowest BCUT2D eigenvalue weighted by Crippen LogP contribution is -2.46. The number of ether oxygens (including phenoxy) is 1. The molecule has 0 aliphatic carbocycles. The standard InChI is InChI=1S/C25H45N3O7S/c1-25(2,3)34-24(31)28-13-7-20(8-14-28)18-22(29)26-11-5-19(6-12-26)17-23(30)27-15-9-21(10-16-27)35-36(4,32)33/h19-21,23,30H,5-18H2,1-4H3. The van der Waals surface area contributed by atoms with Crippen molar-refractivity contribution in [3.63, 3.8) is 0 Å². The van der Waals surface area contributed by atoms with Crippen LogP contribution in [-0.2, 0) is 23.8 Å². The van der Waals surface area contributed by atoms with Gasteiger partial charge in [-0.15, -0.1) is 0 Å². The summed E-state index contributed by atoms with van der Waals surface area (Å²) < 4.78 is 33.2. The Kier molecular flexibility index (Phi) is 10.0. The zero-order chi connectivity index (χ0) is 26.5. The number of likely N-dealkylation sites (tertiary alicyclic amines) is 3. The van der Waals surface area contributed by atoms with Gasteiger partial charge in [0, 0.05) is 45.7 Å². The Balaban J connectivity index is 1.32. The first-order chi connectivity index (χ1) is 16.8. The van der Waals surface area contributed by atoms with E-state index in [-0.39, 0.29) is 18.1 Å². The summed E-state index contributed by atoms with van der Waals surface area (Å²) in [4.78, 5) is 30.8. The van der Waals surface area contributed by atoms with Crippen molar-refractivity contribution < 1.29 is 32.0 Å². The van der Waals surface area contributed by atoms with E-state index < -0.39 is 21.9 Å². The number of carbonyl (C=O) groups excluding carboxylic acids is 2. The van der Waals surface area contributed by atoms with Crippen LogP contribution in [0.4, 0.5) is 4.79 Å². The number of amides is 2. The van der Waals surface area contributed by atoms with Crippen molar-refractivity contribution in [2.75, 3.05) is 45.5 Å². The van der Waals surface area contributed by atoms with E-state index in [0.29, 0.717) is 63.7 Å². The minimum atomic E-state index is -3.45. The first-order valence-electron chi connectivity index (χ1n) is 13.3. The van der Waals surface area contributed by atoms with E-state index in [1.165, 1.54) is 0 Å². The summed E-state index contributed by atoms with van der Waals surface area (Å²) in [5.74, 6) is 0.856. The highest BCUT2D eigenvalue weighted by Gasteiger charge is 2.32. The van der Waals surface area contributed by atoms with E-state index in [1.807, 2.05) is 30.6 Å². The van der Waals surface area contributed by atoms with Crippen LogP contribution < -0.4 is 0 Å². The van der Waals surface area contributed by atoms with E-state index in [0.717, 1.165) is 45.0 Å². The van der Waals surface area contributed by atoms with Crippen LogP contribution in [0.3, 0.4) is 0 Å². The summed E-state index contributed by atoms with van der Waals surface area (Å²) >= 11 is 0. The van der Waals surface area contributed by atoms with Crippen molar-refractivity contribution in [1.82, 2.24) is 14.7 Å². The van der Waals surface area contributed by atoms with Gasteiger partial charge in [0.25, 0.3) is 10.1 Å². The van der Waals surface area contributed by atoms with Gasteiger partial charge in [0.2, 0.25) is 5.91 Å². The van der Waals surface area contributed by atoms with Gasteiger partial charge >= 0.3 is 6.09 Å². The molecular weight excluding hydrogens is 486 g/mol. The average Bonchev–Trinajstić information content (AvgIpc) is 2.78. The quantitative estimate of drug-likeness (QED) is 0.498. The third-order valence-corrected chi connectivity index (χ3v) is 8.07. The number of rotatable bonds is 7. The van der Waals surface area contributed by atoms with Crippen LogP contribution in [0.2, 0.25) is 0 Å². The zero-order valence-corrected chi connectivity index (χ0v) is 23.2. The molecule has 2 amide bonds. The largest absolute Gasteiger partial charge is 0.444 e. The highest BCUT2D eigenvalue weighted by atomic mass is 32.2. The van der Waals surface area contributed by atoms with Crippen LogP contribution in [0.5, 0.6) is 0 Å². The first kappa shape index (κ1) is 29.1. The molecule has 3 rings (SSSR count). The molecule has 3 heterocycles. The van der Waals surface area contributed by atoms with E-state index >= 15 is 0 Å². The SMILES string of the molecule is CC(C)(C)OC(=O)N1CCC(CC(=O)N2CCC(CC(O)N3CCC(OS(C)(=O)=O)CC3)CC2)CC1. The van der Waals surface area contributed by atoms with Crippen LogP contribution in [0.15, 0.2) is 0 Å². The van der Waals surface area contributed by atoms with Gasteiger partial charge in [0.05, 0.1) is 12.4 Å². The second kappa shape index (κ2) is 12.4. The number of hydrogen-bond donors (Lipinski definition) is 1. The monoisotopic (exact) mass is 531 g/mol. The Hall–Kier alpha value is -1.43. The fourth-order valence-electron chi connectivity index (χ4n) is 5.40. The predicted octanol–water partition coefficient (Wildman–Crippen LogP) is 2.41. The third-order valence-electron chi connectivity index (χ3n) is 7.45. The van der Waals surface area contributed by atoms with E-state index in [4.69, 9.17) is 8.92 Å². The van der Waals surface area contributed by atoms with Gasteiger partial charge in [0.15, 0.2) is 0 Å². The van der Waals surface area contributed by atoms with Gasteiger partial charge in [-0.25, -0.2) is 4.79 Å². The number of aliphatic hydroxyl groups is 1. The molecule has 3 aliphatic heterocycles. The predicted molar refractivity (Wildman–Crippen MR) is 136 cm³/mol. The van der Waals surface area contributed by atoms with Crippen LogP contribution in [0.25, 0.3) is 0 Å². The van der Waals surface area contributed by atoms with Crippen LogP contribution in [0, 0.1) is 11.8 Å². The summed E-state index contributed by atoms with van der Waals surface area (Å²) in [5.41, 5.74) is -0.502. The molecule has 0 aromatic rings. The topological polar surface area (TPSA) is 117 Å². The van der Waals surface area contributed by atoms with Crippen LogP contribution in [-0.4, -0.2) is 104 Å². The lowest BCUT2D eigenvalue weighted by molar-refractivity contribution is -0.134. The van der Waals surface area contributed by atoms with Gasteiger partial charge in [0.1, 0.15) is 11.8 Å². The minimum absolute atomic E-state index is 0.192. The lowest BCUT2D eigenvalue weighted by atomic mass is 9.90. The summed E-state index contributed by atoms with van der Waals surface area (Å²) in [6.45, 7) is 9.52. The Labute approximate surface area is 216 Å². The molecule has 0 bridgehead atoms. The molecule has 0 spiro atoms. The molecule has 1 atom stereocenters. The van der Waals surface area contributed by atoms with Crippen molar-refractivity contribution in [2.45, 2.75) is 90.1 Å². The molecule has 1 unspecified atom stereocenters. The Morgan fingerprint density at radius 1 is 0.889 bits per heavy atom. The van der Waals surface area contributed by atoms with E-state index in [2.05, 4.69) is 0 Å². The van der Waals surface area contributed by atoms with Crippen molar-refractivity contribution in [1.29, 1.82) is 0 Å². The van der Waals surface area contributed by atoms with Crippen molar-refractivity contribution in [3.8, 4) is 0 Å². The van der Waals surface area contributed by atoms with Gasteiger partial charge in [-0.3, -0.25) is 13.9 Å². The Morgan fingerprint density at radius 2 is 1.42 bits per heavy atom. The van der Waals surface area contributed by atoms with Crippen molar-refractivity contribution in [2.24, 2.45) is 11.8 Å². The molecule has 3 aliphatic rings. The van der Waals surface area contributed by atoms with Crippen molar-refractivity contribution >= 4 is 22.1 Å². The molecule has 10 nitrogen and oxygen atoms in total. The van der Waals surface area contributed by atoms with Crippen LogP contribution in [0.1, 0.15) is 72.1 Å². The Morgan fingerprint density at radius 3 is 1.94 bits per heavy atom. The van der Waals surface area contributed by atoms with Crippen molar-refractivity contribution in [3.05, 3.63) is 0 Å². The highest BCUT2D eigenvalue weighted by molar-refractivity contribution is 7.86. The van der Waals surface area contributed by atoms with Crippen LogP contribution >= 0.6 is 0 Å². The molecule has 0 aromatic carbocycles. The molecule has 0 radical (unpaired) electrons. The molecule has 3 fully saturated rings. The zero-order valence-electron chi connectivity index (χ0n) is 22.4. The molecule has 0 saturated carbocycles. The third kappa shape index (κ3) is 9.46. The number of piperidine rings is 3. The number of hydrogen-bond acceptors (Lipinski definition) is 8. The molecular formula is C25H45N3O7S. The van der Waals surface area contributed by atoms with Gasteiger partial charge in [-0.1, -0.05) is 0 Å². The first-order valence-corrected chi connectivity index (χ1v) is 15.2. The van der Waals surface area contributed by atoms with E-state index in [1.54, 1.807) is 4.90 Å². The number of aliphatic hydroxyl groups excluding tert-OH is 1. The molecule has 1 N–H and O–H groups in total.